The molecule has 3 nitrogen and oxygen atoms in total. The summed E-state index contributed by atoms with van der Waals surface area (Å²) in [7, 11) is 2.21. The lowest BCUT2D eigenvalue weighted by Crippen LogP contribution is -2.53. The molecule has 0 aliphatic heterocycles. The molecule has 0 aromatic rings. The Balaban J connectivity index is 2.06. The second-order valence-electron chi connectivity index (χ2n) is 7.40. The van der Waals surface area contributed by atoms with Crippen molar-refractivity contribution in [1.82, 2.24) is 4.90 Å². The summed E-state index contributed by atoms with van der Waals surface area (Å²) in [4.78, 5) is 13.9. The Bertz CT molecular complexity index is 336. The lowest BCUT2D eigenvalue weighted by atomic mass is 9.77. The van der Waals surface area contributed by atoms with Gasteiger partial charge in [0.1, 0.15) is 0 Å². The van der Waals surface area contributed by atoms with Crippen molar-refractivity contribution in [3.63, 3.8) is 0 Å². The van der Waals surface area contributed by atoms with Gasteiger partial charge in [-0.15, -0.1) is 0 Å². The van der Waals surface area contributed by atoms with Crippen LogP contribution in [0.3, 0.4) is 0 Å². The molecule has 0 aromatic carbocycles. The Morgan fingerprint density at radius 3 is 2.43 bits per heavy atom. The molecule has 0 heterocycles. The first-order valence-electron chi connectivity index (χ1n) is 9.02. The molecule has 0 saturated heterocycles. The van der Waals surface area contributed by atoms with E-state index in [9.17, 15) is 9.90 Å². The Hall–Kier alpha value is -0.570. The van der Waals surface area contributed by atoms with Crippen molar-refractivity contribution in [3.05, 3.63) is 0 Å². The average molecular weight is 295 g/mol. The van der Waals surface area contributed by atoms with Crippen molar-refractivity contribution < 1.29 is 9.90 Å². The van der Waals surface area contributed by atoms with Crippen molar-refractivity contribution in [2.24, 2.45) is 5.92 Å². The highest BCUT2D eigenvalue weighted by atomic mass is 16.4. The van der Waals surface area contributed by atoms with E-state index in [1.807, 2.05) is 0 Å². The second kappa shape index (κ2) is 7.62. The molecule has 2 unspecified atom stereocenters. The van der Waals surface area contributed by atoms with Gasteiger partial charge in [-0.05, 0) is 45.1 Å². The van der Waals surface area contributed by atoms with Crippen molar-refractivity contribution in [2.45, 2.75) is 95.6 Å². The predicted molar refractivity (Wildman–Crippen MR) is 86.5 cm³/mol. The quantitative estimate of drug-likeness (QED) is 0.762. The summed E-state index contributed by atoms with van der Waals surface area (Å²) in [5.41, 5.74) is -0.0686. The molecule has 2 atom stereocenters. The van der Waals surface area contributed by atoms with E-state index in [2.05, 4.69) is 18.9 Å². The summed E-state index contributed by atoms with van der Waals surface area (Å²) in [6, 6.07) is 0.596. The summed E-state index contributed by atoms with van der Waals surface area (Å²) < 4.78 is 0. The van der Waals surface area contributed by atoms with E-state index < -0.39 is 5.97 Å². The van der Waals surface area contributed by atoms with Crippen LogP contribution >= 0.6 is 0 Å². The second-order valence-corrected chi connectivity index (χ2v) is 7.40. The van der Waals surface area contributed by atoms with Gasteiger partial charge in [0.15, 0.2) is 0 Å². The molecule has 21 heavy (non-hydrogen) atoms. The van der Waals surface area contributed by atoms with Crippen LogP contribution < -0.4 is 0 Å². The van der Waals surface area contributed by atoms with Crippen LogP contribution in [-0.4, -0.2) is 34.6 Å². The normalized spacial score (nSPS) is 30.0. The molecular weight excluding hydrogens is 262 g/mol. The van der Waals surface area contributed by atoms with Gasteiger partial charge < -0.3 is 5.11 Å². The fraction of sp³-hybridized carbons (Fsp3) is 0.944. The average Bonchev–Trinajstić information content (AvgIpc) is 2.72. The van der Waals surface area contributed by atoms with E-state index in [4.69, 9.17) is 0 Å². The van der Waals surface area contributed by atoms with Crippen LogP contribution in [0.1, 0.15) is 84.0 Å². The standard InChI is InChI=1S/C18H33NO2/c1-3-15-8-7-9-16(11-10-15)19(2)18(14-17(20)21)12-5-4-6-13-18/h15-16H,3-14H2,1-2H3,(H,20,21). The highest BCUT2D eigenvalue weighted by molar-refractivity contribution is 5.68. The third kappa shape index (κ3) is 4.21. The van der Waals surface area contributed by atoms with Crippen LogP contribution in [0.25, 0.3) is 0 Å². The maximum atomic E-state index is 11.4. The molecule has 0 aromatic heterocycles. The minimum absolute atomic E-state index is 0.0686. The maximum absolute atomic E-state index is 11.4. The zero-order chi connectivity index (χ0) is 15.3. The van der Waals surface area contributed by atoms with E-state index in [-0.39, 0.29) is 5.54 Å². The Kier molecular flexibility index (Phi) is 6.09. The molecule has 122 valence electrons. The number of hydrogen-bond donors (Lipinski definition) is 1. The molecule has 1 N–H and O–H groups in total. The number of rotatable bonds is 5. The summed E-state index contributed by atoms with van der Waals surface area (Å²) in [6.07, 6.45) is 14.0. The van der Waals surface area contributed by atoms with Crippen molar-refractivity contribution in [3.8, 4) is 0 Å². The molecular formula is C18H33NO2. The van der Waals surface area contributed by atoms with Crippen LogP contribution in [0.4, 0.5) is 0 Å². The Morgan fingerprint density at radius 2 is 1.81 bits per heavy atom. The van der Waals surface area contributed by atoms with Crippen LogP contribution in [0.15, 0.2) is 0 Å². The highest BCUT2D eigenvalue weighted by Crippen LogP contribution is 2.39. The topological polar surface area (TPSA) is 40.5 Å². The van der Waals surface area contributed by atoms with Gasteiger partial charge in [-0.2, -0.15) is 0 Å². The van der Waals surface area contributed by atoms with Gasteiger partial charge in [-0.3, -0.25) is 9.69 Å². The van der Waals surface area contributed by atoms with E-state index in [0.717, 1.165) is 18.8 Å². The fourth-order valence-corrected chi connectivity index (χ4v) is 4.69. The van der Waals surface area contributed by atoms with Crippen LogP contribution in [0.5, 0.6) is 0 Å². The van der Waals surface area contributed by atoms with Gasteiger partial charge in [0.25, 0.3) is 0 Å². The SMILES string of the molecule is CCC1CCCC(N(C)C2(CC(=O)O)CCCCC2)CC1. The lowest BCUT2D eigenvalue weighted by molar-refractivity contribution is -0.141. The minimum atomic E-state index is -0.621. The predicted octanol–water partition coefficient (Wildman–Crippen LogP) is 4.45. The monoisotopic (exact) mass is 295 g/mol. The van der Waals surface area contributed by atoms with E-state index in [1.165, 1.54) is 57.8 Å². The first-order chi connectivity index (χ1) is 10.1. The minimum Gasteiger partial charge on any atom is -0.481 e. The fourth-order valence-electron chi connectivity index (χ4n) is 4.69. The molecule has 0 radical (unpaired) electrons. The molecule has 2 fully saturated rings. The summed E-state index contributed by atoms with van der Waals surface area (Å²) in [5.74, 6) is 0.272. The van der Waals surface area contributed by atoms with Crippen LogP contribution in [0, 0.1) is 5.92 Å². The third-order valence-electron chi connectivity index (χ3n) is 6.20. The highest BCUT2D eigenvalue weighted by Gasteiger charge is 2.41. The maximum Gasteiger partial charge on any atom is 0.305 e. The summed E-state index contributed by atoms with van der Waals surface area (Å²) in [5, 5.41) is 9.39. The molecule has 2 aliphatic rings. The van der Waals surface area contributed by atoms with Gasteiger partial charge in [-0.25, -0.2) is 0 Å². The molecule has 2 saturated carbocycles. The molecule has 0 amide bonds. The zero-order valence-corrected chi connectivity index (χ0v) is 13.9. The lowest BCUT2D eigenvalue weighted by Gasteiger charge is -2.47. The Labute approximate surface area is 130 Å². The van der Waals surface area contributed by atoms with Gasteiger partial charge in [-0.1, -0.05) is 45.4 Å². The number of carbonyl (C=O) groups is 1. The van der Waals surface area contributed by atoms with E-state index >= 15 is 0 Å². The third-order valence-corrected chi connectivity index (χ3v) is 6.20. The van der Waals surface area contributed by atoms with Gasteiger partial charge in [0, 0.05) is 11.6 Å². The summed E-state index contributed by atoms with van der Waals surface area (Å²) in [6.45, 7) is 2.31. The number of aliphatic carboxylic acids is 1. The molecule has 0 bridgehead atoms. The van der Waals surface area contributed by atoms with Gasteiger partial charge in [0.2, 0.25) is 0 Å². The summed E-state index contributed by atoms with van der Waals surface area (Å²) >= 11 is 0. The molecule has 2 aliphatic carbocycles. The van der Waals surface area contributed by atoms with Crippen molar-refractivity contribution in [1.29, 1.82) is 0 Å². The van der Waals surface area contributed by atoms with Gasteiger partial charge in [0.05, 0.1) is 6.42 Å². The number of carboxylic acid groups (broad SMARTS) is 1. The van der Waals surface area contributed by atoms with Crippen LogP contribution in [-0.2, 0) is 4.79 Å². The number of hydrogen-bond acceptors (Lipinski definition) is 2. The van der Waals surface area contributed by atoms with Crippen molar-refractivity contribution in [2.75, 3.05) is 7.05 Å². The van der Waals surface area contributed by atoms with E-state index in [0.29, 0.717) is 12.5 Å². The Morgan fingerprint density at radius 1 is 1.10 bits per heavy atom. The zero-order valence-electron chi connectivity index (χ0n) is 13.9. The molecule has 0 spiro atoms. The number of nitrogens with zero attached hydrogens (tertiary/aromatic N) is 1. The first kappa shape index (κ1) is 16.8. The van der Waals surface area contributed by atoms with E-state index in [1.54, 1.807) is 0 Å². The largest absolute Gasteiger partial charge is 0.481 e. The molecule has 3 heteroatoms. The number of carboxylic acids is 1. The molecule has 2 rings (SSSR count). The van der Waals surface area contributed by atoms with Gasteiger partial charge >= 0.3 is 5.97 Å². The first-order valence-corrected chi connectivity index (χ1v) is 9.02. The van der Waals surface area contributed by atoms with Crippen LogP contribution in [0.2, 0.25) is 0 Å². The van der Waals surface area contributed by atoms with Crippen molar-refractivity contribution >= 4 is 5.97 Å². The smallest absolute Gasteiger partial charge is 0.305 e.